The zero-order valence-corrected chi connectivity index (χ0v) is 11.4. The van der Waals surface area contributed by atoms with Crippen LogP contribution in [0.1, 0.15) is 26.5 Å². The summed E-state index contributed by atoms with van der Waals surface area (Å²) in [5.74, 6) is 2.15. The van der Waals surface area contributed by atoms with Gasteiger partial charge in [0.25, 0.3) is 0 Å². The second kappa shape index (κ2) is 5.58. The Hall–Kier alpha value is -0.700. The number of rotatable bonds is 4. The van der Waals surface area contributed by atoms with Crippen molar-refractivity contribution < 1.29 is 4.74 Å². The number of thiol groups is 1. The van der Waals surface area contributed by atoms with Crippen LogP contribution >= 0.6 is 12.6 Å². The van der Waals surface area contributed by atoms with Crippen LogP contribution in [-0.2, 0) is 0 Å². The lowest BCUT2D eigenvalue weighted by Crippen LogP contribution is -2.28. The minimum atomic E-state index is 0.220. The summed E-state index contributed by atoms with van der Waals surface area (Å²) in [4.78, 5) is 4.20. The molecule has 0 aliphatic heterocycles. The maximum Gasteiger partial charge on any atom is 0.140 e. The quantitative estimate of drug-likeness (QED) is 0.814. The minimum Gasteiger partial charge on any atom is -0.491 e. The molecule has 1 rings (SSSR count). The summed E-state index contributed by atoms with van der Waals surface area (Å²) in [5, 5.41) is 0. The van der Waals surface area contributed by atoms with Gasteiger partial charge < -0.3 is 4.74 Å². The molecule has 2 nitrogen and oxygen atoms in total. The van der Waals surface area contributed by atoms with Crippen molar-refractivity contribution in [3.8, 4) is 5.75 Å². The van der Waals surface area contributed by atoms with Crippen LogP contribution in [0.4, 0.5) is 0 Å². The van der Waals surface area contributed by atoms with Crippen LogP contribution in [0.25, 0.3) is 0 Å². The van der Waals surface area contributed by atoms with Gasteiger partial charge in [-0.15, -0.1) is 0 Å². The Bertz CT molecular complexity index is 333. The van der Waals surface area contributed by atoms with E-state index in [2.05, 4.69) is 38.4 Å². The van der Waals surface area contributed by atoms with E-state index >= 15 is 0 Å². The third-order valence-electron chi connectivity index (χ3n) is 2.84. The van der Waals surface area contributed by atoms with E-state index < -0.39 is 0 Å². The third-order valence-corrected chi connectivity index (χ3v) is 3.28. The van der Waals surface area contributed by atoms with Crippen molar-refractivity contribution in [2.75, 3.05) is 12.4 Å². The monoisotopic (exact) mass is 239 g/mol. The number of nitrogens with zero attached hydrogens (tertiary/aromatic N) is 1. The molecule has 0 spiro atoms. The van der Waals surface area contributed by atoms with Gasteiger partial charge >= 0.3 is 0 Å². The van der Waals surface area contributed by atoms with Gasteiger partial charge in [-0.05, 0) is 30.2 Å². The first kappa shape index (κ1) is 13.4. The van der Waals surface area contributed by atoms with Crippen LogP contribution in [0.15, 0.2) is 18.3 Å². The molecule has 0 aromatic carbocycles. The highest BCUT2D eigenvalue weighted by molar-refractivity contribution is 7.80. The van der Waals surface area contributed by atoms with E-state index in [1.54, 1.807) is 6.20 Å². The van der Waals surface area contributed by atoms with Gasteiger partial charge in [0, 0.05) is 12.1 Å². The molecule has 0 radical (unpaired) electrons. The second-order valence-corrected chi connectivity index (χ2v) is 5.51. The molecule has 90 valence electrons. The smallest absolute Gasteiger partial charge is 0.140 e. The molecule has 3 heteroatoms. The van der Waals surface area contributed by atoms with Crippen LogP contribution in [0.2, 0.25) is 0 Å². The fourth-order valence-electron chi connectivity index (χ4n) is 1.39. The van der Waals surface area contributed by atoms with E-state index in [1.807, 2.05) is 19.1 Å². The number of hydrogen-bond acceptors (Lipinski definition) is 3. The summed E-state index contributed by atoms with van der Waals surface area (Å²) in [5.41, 5.74) is 1.16. The van der Waals surface area contributed by atoms with Gasteiger partial charge in [-0.3, -0.25) is 4.98 Å². The first-order valence-electron chi connectivity index (χ1n) is 5.60. The van der Waals surface area contributed by atoms with Crippen molar-refractivity contribution in [2.45, 2.75) is 27.7 Å². The molecule has 0 fully saturated rings. The van der Waals surface area contributed by atoms with Crippen molar-refractivity contribution in [3.63, 3.8) is 0 Å². The summed E-state index contributed by atoms with van der Waals surface area (Å²) >= 11 is 4.39. The van der Waals surface area contributed by atoms with E-state index in [0.29, 0.717) is 12.5 Å². The molecular weight excluding hydrogens is 218 g/mol. The Labute approximate surface area is 104 Å². The van der Waals surface area contributed by atoms with E-state index in [-0.39, 0.29) is 5.41 Å². The zero-order valence-electron chi connectivity index (χ0n) is 10.5. The third kappa shape index (κ3) is 3.71. The molecule has 0 amide bonds. The van der Waals surface area contributed by atoms with Crippen molar-refractivity contribution in [1.82, 2.24) is 4.98 Å². The van der Waals surface area contributed by atoms with Crippen molar-refractivity contribution in [2.24, 2.45) is 11.3 Å². The molecule has 1 aromatic heterocycles. The standard InChI is InChI=1S/C13H21NOS/c1-10-12(6-5-7-14-10)15-8-11(9-16)13(2,3)4/h5-7,11,16H,8-9H2,1-4H3. The summed E-state index contributed by atoms with van der Waals surface area (Å²) in [6, 6.07) is 3.86. The summed E-state index contributed by atoms with van der Waals surface area (Å²) in [6.45, 7) is 9.30. The Kier molecular flexibility index (Phi) is 4.66. The Balaban J connectivity index is 2.60. The topological polar surface area (TPSA) is 22.1 Å². The Morgan fingerprint density at radius 2 is 2.12 bits per heavy atom. The molecule has 0 saturated carbocycles. The molecule has 1 heterocycles. The Morgan fingerprint density at radius 1 is 1.44 bits per heavy atom. The maximum atomic E-state index is 5.80. The zero-order chi connectivity index (χ0) is 12.2. The van der Waals surface area contributed by atoms with E-state index in [4.69, 9.17) is 4.74 Å². The summed E-state index contributed by atoms with van der Waals surface area (Å²) in [6.07, 6.45) is 1.78. The van der Waals surface area contributed by atoms with Crippen LogP contribution < -0.4 is 4.74 Å². The number of aromatic nitrogens is 1. The second-order valence-electron chi connectivity index (χ2n) is 5.14. The van der Waals surface area contributed by atoms with E-state index in [9.17, 15) is 0 Å². The molecule has 0 N–H and O–H groups in total. The molecule has 1 unspecified atom stereocenters. The highest BCUT2D eigenvalue weighted by atomic mass is 32.1. The lowest BCUT2D eigenvalue weighted by atomic mass is 9.82. The number of hydrogen-bond donors (Lipinski definition) is 1. The summed E-state index contributed by atoms with van der Waals surface area (Å²) in [7, 11) is 0. The first-order chi connectivity index (χ1) is 7.45. The van der Waals surface area contributed by atoms with Gasteiger partial charge in [-0.1, -0.05) is 20.8 Å². The predicted octanol–water partition coefficient (Wildman–Crippen LogP) is 3.36. The highest BCUT2D eigenvalue weighted by Crippen LogP contribution is 2.28. The van der Waals surface area contributed by atoms with Gasteiger partial charge in [0.1, 0.15) is 5.75 Å². The number of pyridine rings is 1. The lowest BCUT2D eigenvalue weighted by molar-refractivity contribution is 0.164. The van der Waals surface area contributed by atoms with Crippen LogP contribution in [-0.4, -0.2) is 17.3 Å². The molecule has 0 saturated heterocycles. The van der Waals surface area contributed by atoms with Crippen molar-refractivity contribution in [1.29, 1.82) is 0 Å². The molecular formula is C13H21NOS. The van der Waals surface area contributed by atoms with Crippen molar-refractivity contribution >= 4 is 12.6 Å². The molecule has 0 aliphatic carbocycles. The fourth-order valence-corrected chi connectivity index (χ4v) is 2.04. The van der Waals surface area contributed by atoms with Crippen LogP contribution in [0, 0.1) is 18.3 Å². The van der Waals surface area contributed by atoms with Crippen LogP contribution in [0.3, 0.4) is 0 Å². The maximum absolute atomic E-state index is 5.80. The van der Waals surface area contributed by atoms with Crippen molar-refractivity contribution in [3.05, 3.63) is 24.0 Å². The number of ether oxygens (including phenoxy) is 1. The SMILES string of the molecule is Cc1ncccc1OCC(CS)C(C)(C)C. The minimum absolute atomic E-state index is 0.220. The fraction of sp³-hybridized carbons (Fsp3) is 0.615. The van der Waals surface area contributed by atoms with Gasteiger partial charge in [0.15, 0.2) is 0 Å². The molecule has 1 atom stereocenters. The van der Waals surface area contributed by atoms with Gasteiger partial charge in [0.05, 0.1) is 12.3 Å². The average Bonchev–Trinajstić information content (AvgIpc) is 2.19. The van der Waals surface area contributed by atoms with Crippen LogP contribution in [0.5, 0.6) is 5.75 Å². The van der Waals surface area contributed by atoms with E-state index in [0.717, 1.165) is 17.2 Å². The highest BCUT2D eigenvalue weighted by Gasteiger charge is 2.24. The van der Waals surface area contributed by atoms with Gasteiger partial charge in [0.2, 0.25) is 0 Å². The predicted molar refractivity (Wildman–Crippen MR) is 71.3 cm³/mol. The average molecular weight is 239 g/mol. The lowest BCUT2D eigenvalue weighted by Gasteiger charge is -2.29. The van der Waals surface area contributed by atoms with Gasteiger partial charge in [-0.25, -0.2) is 0 Å². The first-order valence-corrected chi connectivity index (χ1v) is 6.23. The molecule has 16 heavy (non-hydrogen) atoms. The Morgan fingerprint density at radius 3 is 2.62 bits per heavy atom. The summed E-state index contributed by atoms with van der Waals surface area (Å²) < 4.78 is 5.80. The normalized spacial score (nSPS) is 13.6. The van der Waals surface area contributed by atoms with Gasteiger partial charge in [-0.2, -0.15) is 12.6 Å². The number of aryl methyl sites for hydroxylation is 1. The molecule has 0 bridgehead atoms. The molecule has 0 aliphatic rings. The molecule has 1 aromatic rings. The largest absolute Gasteiger partial charge is 0.491 e. The van der Waals surface area contributed by atoms with E-state index in [1.165, 1.54) is 0 Å².